The van der Waals surface area contributed by atoms with Crippen molar-refractivity contribution in [2.24, 2.45) is 0 Å². The Labute approximate surface area is 172 Å². The van der Waals surface area contributed by atoms with E-state index < -0.39 is 46.7 Å². The molecule has 1 aromatic carbocycles. The highest BCUT2D eigenvalue weighted by molar-refractivity contribution is 6.30. The zero-order valence-corrected chi connectivity index (χ0v) is 16.3. The van der Waals surface area contributed by atoms with Gasteiger partial charge in [0, 0.05) is 6.20 Å². The van der Waals surface area contributed by atoms with E-state index in [0.29, 0.717) is 16.8 Å². The van der Waals surface area contributed by atoms with Crippen molar-refractivity contribution < 1.29 is 37.0 Å². The number of nitrogens with one attached hydrogen (secondary N) is 1. The number of carbonyl (C=O) groups is 3. The van der Waals surface area contributed by atoms with Crippen molar-refractivity contribution >= 4 is 35.1 Å². The minimum absolute atomic E-state index is 0.0141. The largest absolute Gasteiger partial charge is 0.465 e. The Morgan fingerprint density at radius 1 is 1.10 bits per heavy atom. The van der Waals surface area contributed by atoms with Crippen LogP contribution in [0.3, 0.4) is 0 Å². The predicted molar refractivity (Wildman–Crippen MR) is 98.5 cm³/mol. The molecule has 0 aliphatic rings. The van der Waals surface area contributed by atoms with Gasteiger partial charge in [-0.3, -0.25) is 9.59 Å². The van der Waals surface area contributed by atoms with E-state index in [9.17, 15) is 32.3 Å². The molecule has 160 valence electrons. The molecule has 0 atom stereocenters. The quantitative estimate of drug-likeness (QED) is 0.708. The number of methoxy groups -OCH3 is 2. The number of benzene rings is 1. The second kappa shape index (κ2) is 8.99. The van der Waals surface area contributed by atoms with E-state index in [4.69, 9.17) is 11.6 Å². The number of nitrogens with zero attached hydrogens (tertiary/aromatic N) is 1. The van der Waals surface area contributed by atoms with E-state index in [1.54, 1.807) is 0 Å². The van der Waals surface area contributed by atoms with E-state index in [0.717, 1.165) is 20.3 Å². The Morgan fingerprint density at radius 2 is 1.73 bits per heavy atom. The number of carbonyl (C=O) groups excluding carboxylic acids is 3. The Bertz CT molecular complexity index is 1060. The number of esters is 2. The van der Waals surface area contributed by atoms with Crippen LogP contribution in [-0.2, 0) is 27.0 Å². The fourth-order valence-electron chi connectivity index (χ4n) is 2.40. The number of amides is 1. The average Bonchev–Trinajstić information content (AvgIpc) is 2.69. The molecule has 1 aromatic heterocycles. The van der Waals surface area contributed by atoms with Crippen molar-refractivity contribution in [1.82, 2.24) is 4.57 Å². The molecule has 0 saturated carbocycles. The molecular formula is C18H14ClF3N2O6. The molecule has 1 N–H and O–H groups in total. The fraction of sp³-hybridized carbons (Fsp3) is 0.222. The first kappa shape index (κ1) is 22.9. The van der Waals surface area contributed by atoms with Crippen LogP contribution in [0.15, 0.2) is 35.3 Å². The highest BCUT2D eigenvalue weighted by Gasteiger charge is 2.32. The summed E-state index contributed by atoms with van der Waals surface area (Å²) in [5.74, 6) is -2.57. The van der Waals surface area contributed by atoms with Crippen LogP contribution in [-0.4, -0.2) is 36.6 Å². The molecular weight excluding hydrogens is 433 g/mol. The first-order valence-corrected chi connectivity index (χ1v) is 8.43. The third kappa shape index (κ3) is 5.17. The van der Waals surface area contributed by atoms with Crippen LogP contribution in [0.5, 0.6) is 0 Å². The van der Waals surface area contributed by atoms with Crippen molar-refractivity contribution in [1.29, 1.82) is 0 Å². The lowest BCUT2D eigenvalue weighted by Crippen LogP contribution is -2.29. The topological polar surface area (TPSA) is 104 Å². The summed E-state index contributed by atoms with van der Waals surface area (Å²) in [4.78, 5) is 47.9. The van der Waals surface area contributed by atoms with Gasteiger partial charge in [-0.2, -0.15) is 13.2 Å². The second-order valence-electron chi connectivity index (χ2n) is 5.80. The van der Waals surface area contributed by atoms with Crippen molar-refractivity contribution in [3.63, 3.8) is 0 Å². The van der Waals surface area contributed by atoms with Gasteiger partial charge in [0.1, 0.15) is 11.6 Å². The summed E-state index contributed by atoms with van der Waals surface area (Å²) in [5, 5.41) is 1.55. The van der Waals surface area contributed by atoms with Gasteiger partial charge in [-0.1, -0.05) is 11.6 Å². The molecule has 0 aliphatic heterocycles. The smallest absolute Gasteiger partial charge is 0.417 e. The number of aromatic nitrogens is 1. The zero-order chi connectivity index (χ0) is 22.6. The number of halogens is 4. The van der Waals surface area contributed by atoms with Crippen molar-refractivity contribution in [2.75, 3.05) is 19.5 Å². The summed E-state index contributed by atoms with van der Waals surface area (Å²) in [6.07, 6.45) is -4.34. The Morgan fingerprint density at radius 3 is 2.30 bits per heavy atom. The van der Waals surface area contributed by atoms with Gasteiger partial charge in [0.2, 0.25) is 5.91 Å². The monoisotopic (exact) mass is 446 g/mol. The number of rotatable bonds is 5. The predicted octanol–water partition coefficient (Wildman–Crippen LogP) is 2.73. The van der Waals surface area contributed by atoms with E-state index in [1.165, 1.54) is 12.1 Å². The zero-order valence-electron chi connectivity index (χ0n) is 15.5. The molecule has 0 bridgehead atoms. The van der Waals surface area contributed by atoms with E-state index in [-0.39, 0.29) is 16.8 Å². The molecule has 0 radical (unpaired) electrons. The molecule has 0 aliphatic carbocycles. The molecule has 2 rings (SSSR count). The maximum absolute atomic E-state index is 12.9. The molecule has 0 spiro atoms. The van der Waals surface area contributed by atoms with Crippen LogP contribution in [0.1, 0.15) is 26.3 Å². The first-order chi connectivity index (χ1) is 14.0. The molecule has 1 heterocycles. The van der Waals surface area contributed by atoms with Crippen LogP contribution in [0.2, 0.25) is 5.02 Å². The van der Waals surface area contributed by atoms with Crippen molar-refractivity contribution in [2.45, 2.75) is 12.7 Å². The molecule has 8 nitrogen and oxygen atoms in total. The van der Waals surface area contributed by atoms with Crippen LogP contribution in [0, 0.1) is 0 Å². The maximum atomic E-state index is 12.9. The van der Waals surface area contributed by atoms with Crippen LogP contribution >= 0.6 is 11.6 Å². The first-order valence-electron chi connectivity index (χ1n) is 8.05. The molecule has 2 aromatic rings. The third-order valence-electron chi connectivity index (χ3n) is 3.80. The average molecular weight is 447 g/mol. The van der Waals surface area contributed by atoms with Gasteiger partial charge in [0.25, 0.3) is 5.56 Å². The maximum Gasteiger partial charge on any atom is 0.417 e. The molecule has 30 heavy (non-hydrogen) atoms. The second-order valence-corrected chi connectivity index (χ2v) is 6.21. The van der Waals surface area contributed by atoms with Gasteiger partial charge in [0.15, 0.2) is 0 Å². The van der Waals surface area contributed by atoms with Gasteiger partial charge in [-0.15, -0.1) is 0 Å². The molecule has 12 heteroatoms. The Kier molecular flexibility index (Phi) is 6.88. The van der Waals surface area contributed by atoms with Gasteiger partial charge in [-0.05, 0) is 24.3 Å². The lowest BCUT2D eigenvalue weighted by atomic mass is 10.1. The fourth-order valence-corrected chi connectivity index (χ4v) is 2.62. The standard InChI is InChI=1S/C18H14ClF3N2O6/c1-29-16(27)9-3-4-11(17(28)30-2)13(5-9)23-14(25)8-24-7-10(18(20,21)22)6-12(19)15(24)26/h3-7H,8H2,1-2H3,(H,23,25). The minimum atomic E-state index is -4.79. The number of pyridine rings is 1. The van der Waals surface area contributed by atoms with E-state index in [2.05, 4.69) is 14.8 Å². The summed E-state index contributed by atoms with van der Waals surface area (Å²) in [6, 6.07) is 4.02. The molecule has 0 saturated heterocycles. The highest BCUT2D eigenvalue weighted by Crippen LogP contribution is 2.29. The van der Waals surface area contributed by atoms with Gasteiger partial charge < -0.3 is 19.4 Å². The molecule has 0 fully saturated rings. The van der Waals surface area contributed by atoms with Crippen LogP contribution in [0.4, 0.5) is 18.9 Å². The van der Waals surface area contributed by atoms with Gasteiger partial charge >= 0.3 is 18.1 Å². The van der Waals surface area contributed by atoms with Crippen molar-refractivity contribution in [3.05, 3.63) is 62.5 Å². The summed E-state index contributed by atoms with van der Waals surface area (Å²) < 4.78 is 48.4. The van der Waals surface area contributed by atoms with E-state index in [1.807, 2.05) is 0 Å². The lowest BCUT2D eigenvalue weighted by molar-refractivity contribution is -0.138. The van der Waals surface area contributed by atoms with Gasteiger partial charge in [0.05, 0.1) is 36.6 Å². The third-order valence-corrected chi connectivity index (χ3v) is 4.07. The summed E-state index contributed by atoms with van der Waals surface area (Å²) in [5.41, 5.74) is -2.55. The SMILES string of the molecule is COC(=O)c1ccc(C(=O)OC)c(NC(=O)Cn2cc(C(F)(F)F)cc(Cl)c2=O)c1. The number of hydrogen-bond acceptors (Lipinski definition) is 6. The Hall–Kier alpha value is -3.34. The van der Waals surface area contributed by atoms with Crippen LogP contribution < -0.4 is 10.9 Å². The number of ether oxygens (including phenoxy) is 2. The van der Waals surface area contributed by atoms with Crippen molar-refractivity contribution in [3.8, 4) is 0 Å². The number of alkyl halides is 3. The lowest BCUT2D eigenvalue weighted by Gasteiger charge is -2.14. The molecule has 0 unspecified atom stereocenters. The van der Waals surface area contributed by atoms with E-state index >= 15 is 0 Å². The number of anilines is 1. The highest BCUT2D eigenvalue weighted by atomic mass is 35.5. The summed E-state index contributed by atoms with van der Waals surface area (Å²) in [6.45, 7) is -0.842. The summed E-state index contributed by atoms with van der Waals surface area (Å²) >= 11 is 5.55. The number of hydrogen-bond donors (Lipinski definition) is 1. The van der Waals surface area contributed by atoms with Crippen LogP contribution in [0.25, 0.3) is 0 Å². The summed E-state index contributed by atoms with van der Waals surface area (Å²) in [7, 11) is 2.21. The molecule has 1 amide bonds. The minimum Gasteiger partial charge on any atom is -0.465 e. The Balaban J connectivity index is 2.38. The van der Waals surface area contributed by atoms with Gasteiger partial charge in [-0.25, -0.2) is 9.59 Å². The normalized spacial score (nSPS) is 11.0.